The Labute approximate surface area is 307 Å². The zero-order valence-corrected chi connectivity index (χ0v) is 31.3. The Bertz CT molecular complexity index is 1920. The summed E-state index contributed by atoms with van der Waals surface area (Å²) in [4.78, 5) is 18.2. The second kappa shape index (κ2) is 15.5. The number of likely N-dealkylation sites (N-methyl/N-ethyl adjacent to an activating group) is 2. The Hall–Kier alpha value is -4.73. The minimum absolute atomic E-state index is 0.105. The summed E-state index contributed by atoms with van der Waals surface area (Å²) in [6.45, 7) is 3.88. The molecule has 4 aromatic carbocycles. The number of hydrogen-bond acceptors (Lipinski definition) is 9. The van der Waals surface area contributed by atoms with Gasteiger partial charge in [0.1, 0.15) is 5.75 Å². The maximum atomic E-state index is 13.4. The molecule has 6 bridgehead atoms. The van der Waals surface area contributed by atoms with Crippen molar-refractivity contribution in [3.8, 4) is 46.0 Å². The molecule has 0 saturated carbocycles. The lowest BCUT2D eigenvalue weighted by molar-refractivity contribution is -0.134. The predicted octanol–water partition coefficient (Wildman–Crippen LogP) is 8.64. The molecule has 0 amide bonds. The molecule has 4 aliphatic rings. The number of carbonyl (C=O) groups excluding carboxylic acids is 1. The van der Waals surface area contributed by atoms with Crippen LogP contribution in [0.3, 0.4) is 0 Å². The van der Waals surface area contributed by atoms with Crippen LogP contribution >= 0.6 is 0 Å². The highest BCUT2D eigenvalue weighted by atomic mass is 16.6. The molecule has 52 heavy (non-hydrogen) atoms. The maximum absolute atomic E-state index is 13.4. The monoisotopic (exact) mass is 706 g/mol. The van der Waals surface area contributed by atoms with Gasteiger partial charge in [-0.15, -0.1) is 0 Å². The average Bonchev–Trinajstić information content (AvgIpc) is 3.15. The number of rotatable bonds is 8. The molecule has 0 radical (unpaired) electrons. The summed E-state index contributed by atoms with van der Waals surface area (Å²) in [7, 11) is 9.26. The highest BCUT2D eigenvalue weighted by Crippen LogP contribution is 2.52. The first-order valence-corrected chi connectivity index (χ1v) is 18.5. The largest absolute Gasteiger partial charge is 0.493 e. The van der Waals surface area contributed by atoms with Crippen molar-refractivity contribution < 1.29 is 33.2 Å². The van der Waals surface area contributed by atoms with E-state index in [1.54, 1.807) is 21.3 Å². The molecule has 4 aromatic rings. The van der Waals surface area contributed by atoms with Gasteiger partial charge in [0.25, 0.3) is 0 Å². The van der Waals surface area contributed by atoms with Gasteiger partial charge in [0.15, 0.2) is 34.5 Å². The number of fused-ring (bicyclic) bond motifs is 2. The second-order valence-corrected chi connectivity index (χ2v) is 14.2. The van der Waals surface area contributed by atoms with E-state index in [1.807, 2.05) is 24.3 Å². The Morgan fingerprint density at radius 1 is 0.731 bits per heavy atom. The highest BCUT2D eigenvalue weighted by Gasteiger charge is 2.35. The van der Waals surface area contributed by atoms with Gasteiger partial charge in [0.05, 0.1) is 21.3 Å². The van der Waals surface area contributed by atoms with Crippen molar-refractivity contribution in [2.75, 3.05) is 48.5 Å². The fourth-order valence-electron chi connectivity index (χ4n) is 7.86. The van der Waals surface area contributed by atoms with Crippen molar-refractivity contribution in [2.45, 2.75) is 70.4 Å². The first-order chi connectivity index (χ1) is 25.3. The Morgan fingerprint density at radius 2 is 1.38 bits per heavy atom. The summed E-state index contributed by atoms with van der Waals surface area (Å²) >= 11 is 0. The molecule has 0 unspecified atom stereocenters. The van der Waals surface area contributed by atoms with Crippen LogP contribution in [0.2, 0.25) is 0 Å². The number of ether oxygens (including phenoxy) is 6. The normalized spacial score (nSPS) is 18.3. The van der Waals surface area contributed by atoms with E-state index in [2.05, 4.69) is 67.2 Å². The number of esters is 1. The van der Waals surface area contributed by atoms with Crippen LogP contribution in [0, 0.1) is 0 Å². The highest BCUT2D eigenvalue weighted by molar-refractivity contribution is 5.76. The summed E-state index contributed by atoms with van der Waals surface area (Å²) in [6, 6.07) is 20.7. The van der Waals surface area contributed by atoms with E-state index < -0.39 is 0 Å². The van der Waals surface area contributed by atoms with Crippen molar-refractivity contribution in [3.05, 3.63) is 94.0 Å². The number of benzene rings is 4. The standard InChI is InChI=1S/C43H50N2O7/c1-7-8-9-10-40(46)52-42-39(49-6)25-30-18-20-45(3)34-22-28-13-16-35(47-4)37(23-28)50-31-14-11-27(12-15-31)21-33-32-26-38(51-43(42)41(30)34)36(48-5)24-29(32)17-19-44(33)2/h11-16,23-26,33-34H,7-10,17-22H2,1-6H3/t33-,34-/m0/s1. The van der Waals surface area contributed by atoms with E-state index in [1.165, 1.54) is 16.7 Å². The van der Waals surface area contributed by atoms with E-state index in [4.69, 9.17) is 28.4 Å². The van der Waals surface area contributed by atoms with Crippen LogP contribution in [-0.4, -0.2) is 64.3 Å². The van der Waals surface area contributed by atoms with E-state index in [0.29, 0.717) is 53.1 Å². The lowest BCUT2D eigenvalue weighted by atomic mass is 9.87. The van der Waals surface area contributed by atoms with Gasteiger partial charge in [-0.1, -0.05) is 38.0 Å². The lowest BCUT2D eigenvalue weighted by Gasteiger charge is -2.37. The molecule has 9 heteroatoms. The molecule has 0 fully saturated rings. The van der Waals surface area contributed by atoms with E-state index >= 15 is 0 Å². The molecule has 9 nitrogen and oxygen atoms in total. The van der Waals surface area contributed by atoms with Gasteiger partial charge < -0.3 is 28.4 Å². The molecule has 0 aromatic heterocycles. The fraction of sp³-hybridized carbons (Fsp3) is 0.419. The van der Waals surface area contributed by atoms with Crippen molar-refractivity contribution >= 4 is 5.97 Å². The van der Waals surface area contributed by atoms with Crippen LogP contribution < -0.4 is 28.4 Å². The van der Waals surface area contributed by atoms with E-state index in [-0.39, 0.29) is 18.1 Å². The molecule has 4 heterocycles. The van der Waals surface area contributed by atoms with Crippen molar-refractivity contribution in [3.63, 3.8) is 0 Å². The molecule has 274 valence electrons. The minimum Gasteiger partial charge on any atom is -0.493 e. The molecular formula is C43H50N2O7. The Morgan fingerprint density at radius 3 is 2.12 bits per heavy atom. The average molecular weight is 707 g/mol. The third kappa shape index (κ3) is 7.17. The number of hydrogen-bond donors (Lipinski definition) is 0. The van der Waals surface area contributed by atoms with Crippen LogP contribution in [0.15, 0.2) is 60.7 Å². The minimum atomic E-state index is -0.312. The van der Waals surface area contributed by atoms with E-state index in [0.717, 1.165) is 74.1 Å². The Balaban J connectivity index is 1.45. The van der Waals surface area contributed by atoms with Crippen molar-refractivity contribution in [1.82, 2.24) is 9.80 Å². The van der Waals surface area contributed by atoms with Crippen LogP contribution in [0.25, 0.3) is 0 Å². The van der Waals surface area contributed by atoms with Crippen LogP contribution in [0.4, 0.5) is 0 Å². The number of nitrogens with zero attached hydrogens (tertiary/aromatic N) is 2. The van der Waals surface area contributed by atoms with E-state index in [9.17, 15) is 4.79 Å². The summed E-state index contributed by atoms with van der Waals surface area (Å²) in [5.41, 5.74) is 6.75. The van der Waals surface area contributed by atoms with Crippen LogP contribution in [-0.2, 0) is 30.5 Å². The fourth-order valence-corrected chi connectivity index (χ4v) is 7.86. The lowest BCUT2D eigenvalue weighted by Crippen LogP contribution is -2.34. The molecule has 4 aliphatic heterocycles. The van der Waals surface area contributed by atoms with Gasteiger partial charge >= 0.3 is 5.97 Å². The smallest absolute Gasteiger partial charge is 0.311 e. The summed E-state index contributed by atoms with van der Waals surface area (Å²) in [5.74, 6) is 4.20. The molecule has 0 aliphatic carbocycles. The molecule has 8 rings (SSSR count). The molecule has 0 N–H and O–H groups in total. The van der Waals surface area contributed by atoms with Gasteiger partial charge in [0, 0.05) is 37.2 Å². The number of unbranched alkanes of at least 4 members (excludes halogenated alkanes) is 2. The first-order valence-electron chi connectivity index (χ1n) is 18.5. The van der Waals surface area contributed by atoms with Gasteiger partial charge in [-0.25, -0.2) is 0 Å². The van der Waals surface area contributed by atoms with Crippen LogP contribution in [0.1, 0.15) is 78.1 Å². The number of methoxy groups -OCH3 is 3. The third-order valence-electron chi connectivity index (χ3n) is 10.8. The molecule has 0 spiro atoms. The maximum Gasteiger partial charge on any atom is 0.311 e. The first kappa shape index (κ1) is 35.7. The van der Waals surface area contributed by atoms with Gasteiger partial charge in [-0.3, -0.25) is 14.6 Å². The Kier molecular flexibility index (Phi) is 10.6. The summed E-state index contributed by atoms with van der Waals surface area (Å²) in [6.07, 6.45) is 6.14. The number of carbonyl (C=O) groups is 1. The van der Waals surface area contributed by atoms with Gasteiger partial charge in [-0.05, 0) is 116 Å². The third-order valence-corrected chi connectivity index (χ3v) is 10.8. The predicted molar refractivity (Wildman–Crippen MR) is 201 cm³/mol. The van der Waals surface area contributed by atoms with Gasteiger partial charge in [0.2, 0.25) is 5.75 Å². The molecular weight excluding hydrogens is 656 g/mol. The van der Waals surface area contributed by atoms with Crippen LogP contribution in [0.5, 0.6) is 46.0 Å². The molecule has 2 atom stereocenters. The molecule has 0 saturated heterocycles. The van der Waals surface area contributed by atoms with Gasteiger partial charge in [-0.2, -0.15) is 0 Å². The van der Waals surface area contributed by atoms with Crippen molar-refractivity contribution in [1.29, 1.82) is 0 Å². The summed E-state index contributed by atoms with van der Waals surface area (Å²) < 4.78 is 37.6. The second-order valence-electron chi connectivity index (χ2n) is 14.2. The topological polar surface area (TPSA) is 78.9 Å². The zero-order valence-electron chi connectivity index (χ0n) is 31.3. The summed E-state index contributed by atoms with van der Waals surface area (Å²) in [5, 5.41) is 0. The SMILES string of the molecule is CCCCCC(=O)Oc1c(OC)cc2c3c1Oc1cc4c(cc1OC)CCN(C)[C@H]4Cc1ccc(cc1)Oc1cc(ccc1OC)C[C@@H]3N(C)CC2. The van der Waals surface area contributed by atoms with Crippen molar-refractivity contribution in [2.24, 2.45) is 0 Å². The quantitative estimate of drug-likeness (QED) is 0.102. The zero-order chi connectivity index (χ0) is 36.4.